The minimum absolute atomic E-state index is 0.142. The van der Waals surface area contributed by atoms with Gasteiger partial charge in [-0.1, -0.05) is 19.3 Å². The molecule has 1 saturated heterocycles. The molecule has 1 aliphatic carbocycles. The molecule has 1 aromatic carbocycles. The number of halogens is 2. The van der Waals surface area contributed by atoms with Gasteiger partial charge in [0.05, 0.1) is 0 Å². The Hall–Kier alpha value is -3.03. The summed E-state index contributed by atoms with van der Waals surface area (Å²) in [4.78, 5) is 28.0. The first-order valence-corrected chi connectivity index (χ1v) is 10.6. The monoisotopic (exact) mass is 431 g/mol. The van der Waals surface area contributed by atoms with Gasteiger partial charge in [-0.2, -0.15) is 0 Å². The number of piperidine rings is 1. The standard InChI is InChI=1S/C12H8F2N2O2.C11H19NO/c13-9-3-8(4-10(14)5-9)7-1-2-11(15-6-7)16-12(17)18;13-11-8-4-5-9-12(11)10-6-2-1-3-7-10/h1-6H,(H,15,16)(H,17,18);10H,1-9H2. The number of aromatic nitrogens is 1. The SMILES string of the molecule is O=C(O)Nc1ccc(-c2cc(F)cc(F)c2)cn1.O=C1CCCCN1C1CCCCC1. The van der Waals surface area contributed by atoms with Crippen molar-refractivity contribution < 1.29 is 23.5 Å². The van der Waals surface area contributed by atoms with Crippen LogP contribution in [0.5, 0.6) is 0 Å². The molecule has 0 atom stereocenters. The molecule has 2 aromatic rings. The van der Waals surface area contributed by atoms with Crippen molar-refractivity contribution in [3.63, 3.8) is 0 Å². The van der Waals surface area contributed by atoms with Crippen LogP contribution in [0.1, 0.15) is 51.4 Å². The molecule has 8 heteroatoms. The number of carboxylic acid groups (broad SMARTS) is 1. The highest BCUT2D eigenvalue weighted by Gasteiger charge is 2.26. The number of carbonyl (C=O) groups excluding carboxylic acids is 1. The van der Waals surface area contributed by atoms with Gasteiger partial charge in [-0.15, -0.1) is 0 Å². The van der Waals surface area contributed by atoms with Crippen LogP contribution in [-0.2, 0) is 4.79 Å². The molecule has 1 aliphatic heterocycles. The Morgan fingerprint density at radius 2 is 1.71 bits per heavy atom. The highest BCUT2D eigenvalue weighted by molar-refractivity contribution is 5.81. The minimum Gasteiger partial charge on any atom is -0.465 e. The second-order valence-electron chi connectivity index (χ2n) is 7.86. The summed E-state index contributed by atoms with van der Waals surface area (Å²) in [7, 11) is 0. The van der Waals surface area contributed by atoms with Crippen molar-refractivity contribution in [2.75, 3.05) is 11.9 Å². The number of anilines is 1. The fourth-order valence-electron chi connectivity index (χ4n) is 4.07. The summed E-state index contributed by atoms with van der Waals surface area (Å²) in [6.07, 6.45) is 9.78. The summed E-state index contributed by atoms with van der Waals surface area (Å²) in [6.45, 7) is 1.03. The van der Waals surface area contributed by atoms with Crippen LogP contribution in [-0.4, -0.2) is 39.6 Å². The van der Waals surface area contributed by atoms with Crippen LogP contribution < -0.4 is 5.32 Å². The quantitative estimate of drug-likeness (QED) is 0.677. The molecule has 1 saturated carbocycles. The smallest absolute Gasteiger partial charge is 0.410 e. The number of hydrogen-bond donors (Lipinski definition) is 2. The number of rotatable bonds is 3. The number of benzene rings is 1. The van der Waals surface area contributed by atoms with E-state index in [1.165, 1.54) is 69.0 Å². The van der Waals surface area contributed by atoms with Crippen molar-refractivity contribution in [3.8, 4) is 11.1 Å². The average Bonchev–Trinajstić information content (AvgIpc) is 2.75. The van der Waals surface area contributed by atoms with Crippen molar-refractivity contribution >= 4 is 17.8 Å². The zero-order valence-electron chi connectivity index (χ0n) is 17.3. The highest BCUT2D eigenvalue weighted by Crippen LogP contribution is 2.25. The first-order chi connectivity index (χ1) is 14.9. The van der Waals surface area contributed by atoms with Gasteiger partial charge in [0, 0.05) is 36.8 Å². The third-order valence-corrected chi connectivity index (χ3v) is 5.57. The fraction of sp³-hybridized carbons (Fsp3) is 0.435. The number of nitrogens with one attached hydrogen (secondary N) is 1. The highest BCUT2D eigenvalue weighted by atomic mass is 19.1. The van der Waals surface area contributed by atoms with Gasteiger partial charge < -0.3 is 10.0 Å². The molecular weight excluding hydrogens is 404 g/mol. The van der Waals surface area contributed by atoms with E-state index in [0.717, 1.165) is 25.5 Å². The van der Waals surface area contributed by atoms with Gasteiger partial charge in [-0.25, -0.2) is 18.6 Å². The zero-order chi connectivity index (χ0) is 22.2. The fourth-order valence-corrected chi connectivity index (χ4v) is 4.07. The van der Waals surface area contributed by atoms with Gasteiger partial charge in [0.2, 0.25) is 5.91 Å². The average molecular weight is 431 g/mol. The van der Waals surface area contributed by atoms with Crippen LogP contribution >= 0.6 is 0 Å². The maximum absolute atomic E-state index is 13.0. The summed E-state index contributed by atoms with van der Waals surface area (Å²) in [5, 5.41) is 10.5. The van der Waals surface area contributed by atoms with Crippen molar-refractivity contribution in [2.45, 2.75) is 57.4 Å². The maximum Gasteiger partial charge on any atom is 0.410 e. The first-order valence-electron chi connectivity index (χ1n) is 10.6. The topological polar surface area (TPSA) is 82.5 Å². The van der Waals surface area contributed by atoms with Gasteiger partial charge in [0.1, 0.15) is 17.5 Å². The third kappa shape index (κ3) is 6.73. The summed E-state index contributed by atoms with van der Waals surface area (Å²) >= 11 is 0. The lowest BCUT2D eigenvalue weighted by atomic mass is 9.92. The molecule has 0 unspecified atom stereocenters. The lowest BCUT2D eigenvalue weighted by molar-refractivity contribution is -0.136. The molecule has 1 aromatic heterocycles. The predicted octanol–water partition coefficient (Wildman–Crippen LogP) is 5.45. The number of nitrogens with zero attached hydrogens (tertiary/aromatic N) is 2. The molecule has 166 valence electrons. The van der Waals surface area contributed by atoms with E-state index in [2.05, 4.69) is 15.2 Å². The zero-order valence-corrected chi connectivity index (χ0v) is 17.3. The van der Waals surface area contributed by atoms with Crippen molar-refractivity contribution in [1.82, 2.24) is 9.88 Å². The third-order valence-electron chi connectivity index (χ3n) is 5.57. The van der Waals surface area contributed by atoms with E-state index in [0.29, 0.717) is 23.1 Å². The van der Waals surface area contributed by atoms with Gasteiger partial charge in [0.25, 0.3) is 0 Å². The Morgan fingerprint density at radius 3 is 2.29 bits per heavy atom. The second kappa shape index (κ2) is 10.8. The van der Waals surface area contributed by atoms with Crippen molar-refractivity contribution in [1.29, 1.82) is 0 Å². The number of pyridine rings is 1. The molecule has 0 radical (unpaired) electrons. The Morgan fingerprint density at radius 1 is 1.00 bits per heavy atom. The number of hydrogen-bond acceptors (Lipinski definition) is 3. The Balaban J connectivity index is 0.000000185. The Kier molecular flexibility index (Phi) is 7.92. The van der Waals surface area contributed by atoms with Gasteiger partial charge in [0.15, 0.2) is 0 Å². The Bertz CT molecular complexity index is 879. The van der Waals surface area contributed by atoms with E-state index >= 15 is 0 Å². The molecular formula is C23H27F2N3O3. The van der Waals surface area contributed by atoms with E-state index < -0.39 is 17.7 Å². The molecule has 4 rings (SSSR count). The van der Waals surface area contributed by atoms with Crippen molar-refractivity contribution in [2.24, 2.45) is 0 Å². The van der Waals surface area contributed by atoms with E-state index in [9.17, 15) is 18.4 Å². The molecule has 2 N–H and O–H groups in total. The van der Waals surface area contributed by atoms with Crippen LogP contribution in [0, 0.1) is 11.6 Å². The molecule has 2 aliphatic rings. The number of likely N-dealkylation sites (tertiary alicyclic amines) is 1. The van der Waals surface area contributed by atoms with Gasteiger partial charge in [-0.05, 0) is 55.5 Å². The van der Waals surface area contributed by atoms with Crippen LogP contribution in [0.25, 0.3) is 11.1 Å². The predicted molar refractivity (Wildman–Crippen MR) is 114 cm³/mol. The summed E-state index contributed by atoms with van der Waals surface area (Å²) in [6, 6.07) is 6.65. The van der Waals surface area contributed by atoms with Crippen LogP contribution in [0.15, 0.2) is 36.5 Å². The normalized spacial score (nSPS) is 17.0. The largest absolute Gasteiger partial charge is 0.465 e. The van der Waals surface area contributed by atoms with E-state index in [-0.39, 0.29) is 5.82 Å². The molecule has 2 fully saturated rings. The van der Waals surface area contributed by atoms with E-state index in [1.807, 2.05) is 0 Å². The first kappa shape index (κ1) is 22.7. The van der Waals surface area contributed by atoms with Gasteiger partial charge >= 0.3 is 6.09 Å². The number of amides is 2. The van der Waals surface area contributed by atoms with E-state index in [1.54, 1.807) is 0 Å². The van der Waals surface area contributed by atoms with Crippen LogP contribution in [0.2, 0.25) is 0 Å². The van der Waals surface area contributed by atoms with Crippen LogP contribution in [0.3, 0.4) is 0 Å². The molecule has 0 bridgehead atoms. The molecule has 6 nitrogen and oxygen atoms in total. The van der Waals surface area contributed by atoms with E-state index in [4.69, 9.17) is 5.11 Å². The molecule has 2 heterocycles. The summed E-state index contributed by atoms with van der Waals surface area (Å²) in [5.74, 6) is -0.809. The van der Waals surface area contributed by atoms with Crippen LogP contribution in [0.4, 0.5) is 19.4 Å². The lowest BCUT2D eigenvalue weighted by Crippen LogP contribution is -2.44. The molecule has 2 amide bonds. The molecule has 0 spiro atoms. The summed E-state index contributed by atoms with van der Waals surface area (Å²) in [5.41, 5.74) is 0.825. The number of carbonyl (C=O) groups is 2. The maximum atomic E-state index is 13.0. The Labute approximate surface area is 180 Å². The van der Waals surface area contributed by atoms with Gasteiger partial charge in [-0.3, -0.25) is 10.1 Å². The molecule has 31 heavy (non-hydrogen) atoms. The summed E-state index contributed by atoms with van der Waals surface area (Å²) < 4.78 is 26.0. The minimum atomic E-state index is -1.23. The second-order valence-corrected chi connectivity index (χ2v) is 7.86. The van der Waals surface area contributed by atoms with Crippen molar-refractivity contribution in [3.05, 3.63) is 48.2 Å². The lowest BCUT2D eigenvalue weighted by Gasteiger charge is -2.36.